The highest BCUT2D eigenvalue weighted by Gasteiger charge is 2.57. The molecule has 1 saturated heterocycles. The second-order valence-corrected chi connectivity index (χ2v) is 5.35. The molecule has 0 bridgehead atoms. The van der Waals surface area contributed by atoms with E-state index < -0.39 is 30.0 Å². The van der Waals surface area contributed by atoms with Crippen molar-refractivity contribution in [2.75, 3.05) is 18.1 Å². The third-order valence-corrected chi connectivity index (χ3v) is 3.86. The van der Waals surface area contributed by atoms with Gasteiger partial charge in [-0.1, -0.05) is 11.6 Å². The number of rotatable bonds is 2. The van der Waals surface area contributed by atoms with E-state index in [1.54, 1.807) is 6.07 Å². The summed E-state index contributed by atoms with van der Waals surface area (Å²) in [6.07, 6.45) is -4.17. The molecule has 1 unspecified atom stereocenters. The van der Waals surface area contributed by atoms with Crippen molar-refractivity contribution in [3.63, 3.8) is 0 Å². The van der Waals surface area contributed by atoms with Gasteiger partial charge in [0.1, 0.15) is 17.7 Å². The predicted molar refractivity (Wildman–Crippen MR) is 72.2 cm³/mol. The fourth-order valence-electron chi connectivity index (χ4n) is 2.41. The van der Waals surface area contributed by atoms with Gasteiger partial charge in [-0.25, -0.2) is 8.91 Å². The van der Waals surface area contributed by atoms with Gasteiger partial charge in [0.05, 0.1) is 12.3 Å². The molecule has 0 aliphatic carbocycles. The Morgan fingerprint density at radius 1 is 1.48 bits per heavy atom. The third kappa shape index (κ3) is 2.01. The third-order valence-electron chi connectivity index (χ3n) is 3.44. The number of fused-ring (bicyclic) bond motifs is 1. The molecule has 21 heavy (non-hydrogen) atoms. The molecule has 0 saturated carbocycles. The lowest BCUT2D eigenvalue weighted by Crippen LogP contribution is -2.37. The standard InChI is InChI=1S/C11H13ClFN5O3/c12-11(13)7(20)6(3-19)21-8(11)4-1-2-5-9(14)16-10(15)17-18(4)5/h1-2,6-8,19-20H,3H2,(H4,14,15,16,17)/t6-,7?,8+,11-/m1/s1. The molecular formula is C11H13ClFN5O3. The van der Waals surface area contributed by atoms with Gasteiger partial charge in [0.25, 0.3) is 0 Å². The molecule has 1 aliphatic heterocycles. The van der Waals surface area contributed by atoms with Gasteiger partial charge < -0.3 is 26.4 Å². The largest absolute Gasteiger partial charge is 0.394 e. The van der Waals surface area contributed by atoms with Crippen LogP contribution in [-0.4, -0.2) is 48.8 Å². The number of halogens is 2. The number of alkyl halides is 2. The number of hydrogen-bond donors (Lipinski definition) is 4. The quantitative estimate of drug-likeness (QED) is 0.554. The number of hydrogen-bond acceptors (Lipinski definition) is 7. The second-order valence-electron chi connectivity index (χ2n) is 4.77. The molecule has 10 heteroatoms. The summed E-state index contributed by atoms with van der Waals surface area (Å²) >= 11 is 5.76. The molecule has 6 N–H and O–H groups in total. The van der Waals surface area contributed by atoms with Crippen molar-refractivity contribution in [3.05, 3.63) is 17.8 Å². The maximum Gasteiger partial charge on any atom is 0.243 e. The van der Waals surface area contributed by atoms with E-state index in [1.807, 2.05) is 0 Å². The first-order valence-corrected chi connectivity index (χ1v) is 6.47. The summed E-state index contributed by atoms with van der Waals surface area (Å²) < 4.78 is 21.1. The molecule has 1 fully saturated rings. The van der Waals surface area contributed by atoms with Crippen molar-refractivity contribution in [2.24, 2.45) is 0 Å². The van der Waals surface area contributed by atoms with Crippen LogP contribution in [-0.2, 0) is 4.74 Å². The van der Waals surface area contributed by atoms with E-state index in [-0.39, 0.29) is 17.5 Å². The van der Waals surface area contributed by atoms with Gasteiger partial charge in [-0.15, -0.1) is 5.10 Å². The molecule has 2 aromatic rings. The summed E-state index contributed by atoms with van der Waals surface area (Å²) in [5.74, 6) is 0.0127. The number of nitrogens with zero attached hydrogens (tertiary/aromatic N) is 3. The number of aromatic nitrogens is 3. The Morgan fingerprint density at radius 2 is 2.19 bits per heavy atom. The smallest absolute Gasteiger partial charge is 0.243 e. The van der Waals surface area contributed by atoms with Crippen molar-refractivity contribution in [1.82, 2.24) is 14.6 Å². The number of ether oxygens (including phenoxy) is 1. The zero-order chi connectivity index (χ0) is 15.4. The molecule has 0 aromatic carbocycles. The number of nitrogen functional groups attached to an aromatic ring is 2. The van der Waals surface area contributed by atoms with Crippen molar-refractivity contribution in [2.45, 2.75) is 23.4 Å². The van der Waals surface area contributed by atoms with Crippen LogP contribution in [0.1, 0.15) is 11.8 Å². The topological polar surface area (TPSA) is 132 Å². The van der Waals surface area contributed by atoms with Gasteiger partial charge in [0.2, 0.25) is 11.1 Å². The predicted octanol–water partition coefficient (Wildman–Crippen LogP) is -0.409. The molecule has 3 heterocycles. The van der Waals surface area contributed by atoms with Gasteiger partial charge in [-0.2, -0.15) is 4.98 Å². The normalized spacial score (nSPS) is 32.9. The molecule has 0 radical (unpaired) electrons. The molecule has 1 aliphatic rings. The van der Waals surface area contributed by atoms with Gasteiger partial charge in [-0.3, -0.25) is 0 Å². The van der Waals surface area contributed by atoms with Crippen LogP contribution >= 0.6 is 11.6 Å². The highest BCUT2D eigenvalue weighted by Crippen LogP contribution is 2.47. The maximum atomic E-state index is 14.6. The minimum Gasteiger partial charge on any atom is -0.394 e. The Hall–Kier alpha value is -1.68. The molecule has 0 spiro atoms. The first-order chi connectivity index (χ1) is 9.86. The highest BCUT2D eigenvalue weighted by molar-refractivity contribution is 6.24. The maximum absolute atomic E-state index is 14.6. The van der Waals surface area contributed by atoms with Crippen molar-refractivity contribution < 1.29 is 19.3 Å². The summed E-state index contributed by atoms with van der Waals surface area (Å²) in [7, 11) is 0. The Kier molecular flexibility index (Phi) is 3.17. The van der Waals surface area contributed by atoms with Gasteiger partial charge >= 0.3 is 0 Å². The van der Waals surface area contributed by atoms with Crippen LogP contribution in [0.25, 0.3) is 5.52 Å². The second kappa shape index (κ2) is 4.67. The van der Waals surface area contributed by atoms with E-state index in [4.69, 9.17) is 32.9 Å². The average molecular weight is 318 g/mol. The van der Waals surface area contributed by atoms with E-state index in [0.717, 1.165) is 0 Å². The van der Waals surface area contributed by atoms with Crippen LogP contribution in [0, 0.1) is 0 Å². The first-order valence-electron chi connectivity index (χ1n) is 6.09. The number of aliphatic hydroxyl groups excluding tert-OH is 2. The molecule has 2 aromatic heterocycles. The van der Waals surface area contributed by atoms with Crippen LogP contribution in [0.2, 0.25) is 0 Å². The van der Waals surface area contributed by atoms with Gasteiger partial charge in [0.15, 0.2) is 11.9 Å². The van der Waals surface area contributed by atoms with E-state index >= 15 is 0 Å². The fraction of sp³-hybridized carbons (Fsp3) is 0.455. The first kappa shape index (κ1) is 14.3. The van der Waals surface area contributed by atoms with Crippen molar-refractivity contribution in [1.29, 1.82) is 0 Å². The Bertz CT molecular complexity index is 694. The molecule has 114 valence electrons. The summed E-state index contributed by atoms with van der Waals surface area (Å²) in [4.78, 5) is 3.79. The number of nitrogens with two attached hydrogens (primary N) is 2. The lowest BCUT2D eigenvalue weighted by molar-refractivity contribution is -0.0242. The summed E-state index contributed by atoms with van der Waals surface area (Å²) in [6, 6.07) is 3.05. The van der Waals surface area contributed by atoms with E-state index in [1.165, 1.54) is 10.6 Å². The average Bonchev–Trinajstić information content (AvgIpc) is 2.91. The molecule has 8 nitrogen and oxygen atoms in total. The monoisotopic (exact) mass is 317 g/mol. The number of anilines is 2. The lowest BCUT2D eigenvalue weighted by atomic mass is 10.1. The Balaban J connectivity index is 2.13. The van der Waals surface area contributed by atoms with E-state index in [2.05, 4.69) is 10.1 Å². The SMILES string of the molecule is Nc1nc(N)c2ccc([C@@H]3O[C@H](CO)C(O)[C@]3(F)Cl)n2n1. The lowest BCUT2D eigenvalue weighted by Gasteiger charge is -2.21. The van der Waals surface area contributed by atoms with E-state index in [9.17, 15) is 9.50 Å². The van der Waals surface area contributed by atoms with Crippen LogP contribution in [0.4, 0.5) is 16.2 Å². The minimum absolute atomic E-state index is 0.103. The zero-order valence-corrected chi connectivity index (χ0v) is 11.4. The van der Waals surface area contributed by atoms with Crippen molar-refractivity contribution >= 4 is 28.9 Å². The van der Waals surface area contributed by atoms with Crippen LogP contribution in [0.5, 0.6) is 0 Å². The van der Waals surface area contributed by atoms with Crippen LogP contribution < -0.4 is 11.5 Å². The van der Waals surface area contributed by atoms with Gasteiger partial charge in [-0.05, 0) is 12.1 Å². The highest BCUT2D eigenvalue weighted by atomic mass is 35.5. The summed E-state index contributed by atoms with van der Waals surface area (Å²) in [5, 5.41) is 20.2. The summed E-state index contributed by atoms with van der Waals surface area (Å²) in [5.41, 5.74) is 11.8. The van der Waals surface area contributed by atoms with Crippen molar-refractivity contribution in [3.8, 4) is 0 Å². The summed E-state index contributed by atoms with van der Waals surface area (Å²) in [6.45, 7) is -0.571. The molecule has 4 atom stereocenters. The Morgan fingerprint density at radius 3 is 2.81 bits per heavy atom. The van der Waals surface area contributed by atoms with Crippen LogP contribution in [0.15, 0.2) is 12.1 Å². The Labute approximate surface area is 123 Å². The minimum atomic E-state index is -2.61. The molecule has 3 rings (SSSR count). The van der Waals surface area contributed by atoms with Gasteiger partial charge in [0, 0.05) is 0 Å². The molecular weight excluding hydrogens is 305 g/mol. The number of aliphatic hydroxyl groups is 2. The fourth-order valence-corrected chi connectivity index (χ4v) is 2.71. The zero-order valence-electron chi connectivity index (χ0n) is 10.6. The van der Waals surface area contributed by atoms with Crippen LogP contribution in [0.3, 0.4) is 0 Å². The van der Waals surface area contributed by atoms with E-state index in [0.29, 0.717) is 5.52 Å². The molecule has 0 amide bonds.